The van der Waals surface area contributed by atoms with Crippen LogP contribution < -0.4 is 0 Å². The topological polar surface area (TPSA) is 74.6 Å². The van der Waals surface area contributed by atoms with Crippen LogP contribution in [0, 0.1) is 56.7 Å². The fraction of sp³-hybridized carbons (Fsp3) is 0.931. The maximum atomic E-state index is 12.7. The first-order valence-corrected chi connectivity index (χ1v) is 13.7. The molecule has 0 saturated heterocycles. The highest BCUT2D eigenvalue weighted by Gasteiger charge is 2.72. The zero-order valence-corrected chi connectivity index (χ0v) is 21.7. The lowest BCUT2D eigenvalue weighted by Gasteiger charge is -2.72. The highest BCUT2D eigenvalue weighted by molar-refractivity contribution is 5.83. The molecule has 4 heteroatoms. The van der Waals surface area contributed by atoms with Crippen molar-refractivity contribution in [3.05, 3.63) is 0 Å². The van der Waals surface area contributed by atoms with Crippen molar-refractivity contribution in [1.82, 2.24) is 0 Å². The second-order valence-corrected chi connectivity index (χ2v) is 14.3. The van der Waals surface area contributed by atoms with E-state index >= 15 is 0 Å². The third-order valence-corrected chi connectivity index (χ3v) is 13.4. The minimum absolute atomic E-state index is 0.000765. The van der Waals surface area contributed by atoms with Crippen LogP contribution in [0.25, 0.3) is 0 Å². The standard InChI is InChI=1S/C29H46O4/c1-17(30)18-9-14-29(24(32)33)16-15-27(5)19(23(18)29)7-8-21-26(4)12-11-22(31)25(2,3)20(26)10-13-28(21,27)6/h18-23,31H,7-16H2,1-6H3,(H,32,33)/t18-,19?,20?,21?,22-,23?,26-,27+,28+,29-/m1/s1. The fourth-order valence-corrected chi connectivity index (χ4v) is 11.4. The molecular weight excluding hydrogens is 412 g/mol. The summed E-state index contributed by atoms with van der Waals surface area (Å²) in [5.74, 6) is 0.932. The van der Waals surface area contributed by atoms with Gasteiger partial charge in [-0.3, -0.25) is 9.59 Å². The average Bonchev–Trinajstić information content (AvgIpc) is 3.13. The predicted octanol–water partition coefficient (Wildman–Crippen LogP) is 6.10. The van der Waals surface area contributed by atoms with Crippen LogP contribution in [-0.2, 0) is 9.59 Å². The van der Waals surface area contributed by atoms with E-state index < -0.39 is 11.4 Å². The number of fused-ring (bicyclic) bond motifs is 7. The van der Waals surface area contributed by atoms with Gasteiger partial charge in [0.25, 0.3) is 0 Å². The van der Waals surface area contributed by atoms with Crippen molar-refractivity contribution in [3.63, 3.8) is 0 Å². The van der Waals surface area contributed by atoms with E-state index in [4.69, 9.17) is 0 Å². The van der Waals surface area contributed by atoms with E-state index in [1.54, 1.807) is 6.92 Å². The molecule has 4 unspecified atom stereocenters. The monoisotopic (exact) mass is 458 g/mol. The summed E-state index contributed by atoms with van der Waals surface area (Å²) in [5.41, 5.74) is -0.287. The average molecular weight is 459 g/mol. The van der Waals surface area contributed by atoms with Gasteiger partial charge in [-0.1, -0.05) is 34.6 Å². The molecule has 2 N–H and O–H groups in total. The summed E-state index contributed by atoms with van der Waals surface area (Å²) in [4.78, 5) is 25.4. The second-order valence-electron chi connectivity index (χ2n) is 14.3. The zero-order valence-electron chi connectivity index (χ0n) is 21.7. The summed E-state index contributed by atoms with van der Waals surface area (Å²) >= 11 is 0. The first-order valence-electron chi connectivity index (χ1n) is 13.7. The van der Waals surface area contributed by atoms with Gasteiger partial charge in [-0.2, -0.15) is 0 Å². The molecule has 0 aliphatic heterocycles. The number of ketones is 1. The van der Waals surface area contributed by atoms with Gasteiger partial charge in [-0.05, 0) is 116 Å². The van der Waals surface area contributed by atoms with E-state index in [0.717, 1.165) is 51.4 Å². The van der Waals surface area contributed by atoms with Crippen LogP contribution in [0.4, 0.5) is 0 Å². The van der Waals surface area contributed by atoms with Crippen molar-refractivity contribution >= 4 is 11.8 Å². The Kier molecular flexibility index (Phi) is 5.11. The molecule has 0 amide bonds. The van der Waals surface area contributed by atoms with Gasteiger partial charge in [0.05, 0.1) is 11.5 Å². The van der Waals surface area contributed by atoms with Crippen LogP contribution in [0.1, 0.15) is 106 Å². The van der Waals surface area contributed by atoms with Crippen LogP contribution in [0.3, 0.4) is 0 Å². The summed E-state index contributed by atoms with van der Waals surface area (Å²) in [6.07, 6.45) is 9.44. The molecule has 10 atom stereocenters. The van der Waals surface area contributed by atoms with Gasteiger partial charge in [0.1, 0.15) is 5.78 Å². The van der Waals surface area contributed by atoms with Gasteiger partial charge in [0, 0.05) is 5.92 Å². The molecule has 0 spiro atoms. The van der Waals surface area contributed by atoms with Gasteiger partial charge in [0.15, 0.2) is 0 Å². The predicted molar refractivity (Wildman–Crippen MR) is 128 cm³/mol. The number of aliphatic hydroxyl groups excluding tert-OH is 1. The molecule has 5 aliphatic carbocycles. The lowest BCUT2D eigenvalue weighted by Crippen LogP contribution is -2.67. The minimum Gasteiger partial charge on any atom is -0.481 e. The molecule has 5 rings (SSSR count). The lowest BCUT2D eigenvalue weighted by molar-refractivity contribution is -0.248. The molecule has 0 aromatic heterocycles. The van der Waals surface area contributed by atoms with Gasteiger partial charge in [-0.15, -0.1) is 0 Å². The van der Waals surface area contributed by atoms with E-state index in [1.807, 2.05) is 0 Å². The highest BCUT2D eigenvalue weighted by Crippen LogP contribution is 2.77. The van der Waals surface area contributed by atoms with Gasteiger partial charge in [0.2, 0.25) is 0 Å². The summed E-state index contributed by atoms with van der Waals surface area (Å²) in [6.45, 7) is 13.8. The fourth-order valence-electron chi connectivity index (χ4n) is 11.4. The van der Waals surface area contributed by atoms with Crippen LogP contribution >= 0.6 is 0 Å². The highest BCUT2D eigenvalue weighted by atomic mass is 16.4. The van der Waals surface area contributed by atoms with E-state index in [0.29, 0.717) is 24.2 Å². The lowest BCUT2D eigenvalue weighted by atomic mass is 9.32. The number of aliphatic carboxylic acids is 1. The van der Waals surface area contributed by atoms with Crippen molar-refractivity contribution in [2.75, 3.05) is 0 Å². The Labute approximate surface area is 200 Å². The first kappa shape index (κ1) is 23.8. The van der Waals surface area contributed by atoms with Gasteiger partial charge in [-0.25, -0.2) is 0 Å². The van der Waals surface area contributed by atoms with Crippen LogP contribution in [0.15, 0.2) is 0 Å². The third-order valence-electron chi connectivity index (χ3n) is 13.4. The molecule has 33 heavy (non-hydrogen) atoms. The number of carbonyl (C=O) groups is 2. The molecule has 186 valence electrons. The maximum Gasteiger partial charge on any atom is 0.309 e. The SMILES string of the molecule is CC(=O)[C@H]1CC[C@@]2(C(=O)O)CC[C@@]3(C)C(CCC4[C@]5(C)CC[C@@H](O)C(C)(C)C5CC[C@@]43C)C12. The number of aliphatic hydroxyl groups is 1. The molecule has 0 bridgehead atoms. The maximum absolute atomic E-state index is 12.7. The first-order chi connectivity index (χ1) is 15.3. The third kappa shape index (κ3) is 2.74. The molecule has 5 aliphatic rings. The number of hydrogen-bond donors (Lipinski definition) is 2. The number of rotatable bonds is 2. The Morgan fingerprint density at radius 1 is 0.758 bits per heavy atom. The number of hydrogen-bond acceptors (Lipinski definition) is 3. The number of carboxylic acid groups (broad SMARTS) is 1. The molecular formula is C29H46O4. The molecule has 0 aromatic rings. The van der Waals surface area contributed by atoms with Gasteiger partial charge >= 0.3 is 5.97 Å². The summed E-state index contributed by atoms with van der Waals surface area (Å²) in [7, 11) is 0. The molecule has 5 saturated carbocycles. The van der Waals surface area contributed by atoms with Crippen LogP contribution in [0.5, 0.6) is 0 Å². The van der Waals surface area contributed by atoms with E-state index in [2.05, 4.69) is 34.6 Å². The number of Topliss-reactive ketones (excluding diaryl/α,β-unsaturated/α-hetero) is 1. The smallest absolute Gasteiger partial charge is 0.309 e. The Hall–Kier alpha value is -0.900. The second kappa shape index (κ2) is 7.08. The molecule has 0 radical (unpaired) electrons. The van der Waals surface area contributed by atoms with Crippen molar-refractivity contribution in [3.8, 4) is 0 Å². The Bertz CT molecular complexity index is 864. The summed E-state index contributed by atoms with van der Waals surface area (Å²) in [6, 6.07) is 0. The van der Waals surface area contributed by atoms with E-state index in [1.165, 1.54) is 6.42 Å². The Morgan fingerprint density at radius 3 is 2.09 bits per heavy atom. The van der Waals surface area contributed by atoms with E-state index in [9.17, 15) is 19.8 Å². The minimum atomic E-state index is -0.693. The molecule has 5 fully saturated rings. The zero-order chi connectivity index (χ0) is 24.2. The van der Waals surface area contributed by atoms with Gasteiger partial charge < -0.3 is 10.2 Å². The number of carboxylic acids is 1. The normalized spacial score (nSPS) is 55.0. The summed E-state index contributed by atoms with van der Waals surface area (Å²) < 4.78 is 0. The largest absolute Gasteiger partial charge is 0.481 e. The molecule has 0 heterocycles. The summed E-state index contributed by atoms with van der Waals surface area (Å²) in [5, 5.41) is 21.3. The quantitative estimate of drug-likeness (QED) is 0.524. The Balaban J connectivity index is 1.57. The van der Waals surface area contributed by atoms with Crippen molar-refractivity contribution in [2.45, 2.75) is 112 Å². The molecule has 4 nitrogen and oxygen atoms in total. The Morgan fingerprint density at radius 2 is 1.45 bits per heavy atom. The van der Waals surface area contributed by atoms with Crippen molar-refractivity contribution in [1.29, 1.82) is 0 Å². The molecule has 0 aromatic carbocycles. The van der Waals surface area contributed by atoms with Crippen molar-refractivity contribution in [2.24, 2.45) is 56.7 Å². The van der Waals surface area contributed by atoms with Crippen LogP contribution in [0.2, 0.25) is 0 Å². The van der Waals surface area contributed by atoms with E-state index in [-0.39, 0.29) is 45.4 Å². The van der Waals surface area contributed by atoms with Crippen LogP contribution in [-0.4, -0.2) is 28.1 Å². The number of carbonyl (C=O) groups excluding carboxylic acids is 1. The van der Waals surface area contributed by atoms with Crippen molar-refractivity contribution < 1.29 is 19.8 Å².